The maximum atomic E-state index is 4.60. The maximum absolute atomic E-state index is 4.60. The number of aromatic nitrogens is 2. The zero-order valence-corrected chi connectivity index (χ0v) is 7.48. The van der Waals surface area contributed by atoms with Crippen LogP contribution in [0.25, 0.3) is 5.65 Å². The SMILES string of the molecule is c1ccn2cc(C3CCC3)nc2c1. The molecule has 3 rings (SSSR count). The van der Waals surface area contributed by atoms with Crippen molar-refractivity contribution in [1.29, 1.82) is 0 Å². The Bertz CT molecular complexity index is 393. The lowest BCUT2D eigenvalue weighted by molar-refractivity contribution is 0.412. The molecule has 0 saturated heterocycles. The Morgan fingerprint density at radius 1 is 1.31 bits per heavy atom. The lowest BCUT2D eigenvalue weighted by Gasteiger charge is -2.22. The fourth-order valence-corrected chi connectivity index (χ4v) is 1.85. The van der Waals surface area contributed by atoms with E-state index < -0.39 is 0 Å². The molecule has 0 bridgehead atoms. The Kier molecular flexibility index (Phi) is 1.42. The number of rotatable bonds is 1. The highest BCUT2D eigenvalue weighted by atomic mass is 15.0. The number of imidazole rings is 1. The van der Waals surface area contributed by atoms with Gasteiger partial charge in [0.1, 0.15) is 5.65 Å². The molecule has 2 nitrogen and oxygen atoms in total. The van der Waals surface area contributed by atoms with Crippen molar-refractivity contribution in [3.8, 4) is 0 Å². The van der Waals surface area contributed by atoms with E-state index in [1.807, 2.05) is 12.1 Å². The first-order chi connectivity index (χ1) is 6.43. The van der Waals surface area contributed by atoms with E-state index in [0.717, 1.165) is 11.6 Å². The van der Waals surface area contributed by atoms with Gasteiger partial charge in [-0.2, -0.15) is 0 Å². The highest BCUT2D eigenvalue weighted by Crippen LogP contribution is 2.35. The summed E-state index contributed by atoms with van der Waals surface area (Å²) in [5.41, 5.74) is 2.35. The van der Waals surface area contributed by atoms with Gasteiger partial charge >= 0.3 is 0 Å². The van der Waals surface area contributed by atoms with Gasteiger partial charge < -0.3 is 4.40 Å². The molecule has 1 fully saturated rings. The molecule has 0 amide bonds. The lowest BCUT2D eigenvalue weighted by atomic mass is 9.83. The zero-order valence-electron chi connectivity index (χ0n) is 7.48. The molecule has 1 aliphatic carbocycles. The van der Waals surface area contributed by atoms with Crippen molar-refractivity contribution in [1.82, 2.24) is 9.38 Å². The average molecular weight is 172 g/mol. The Labute approximate surface area is 77.2 Å². The maximum Gasteiger partial charge on any atom is 0.136 e. The smallest absolute Gasteiger partial charge is 0.136 e. The molecule has 2 aromatic rings. The van der Waals surface area contributed by atoms with Crippen molar-refractivity contribution in [3.63, 3.8) is 0 Å². The largest absolute Gasteiger partial charge is 0.307 e. The summed E-state index contributed by atoms with van der Waals surface area (Å²) in [4.78, 5) is 4.60. The third-order valence-electron chi connectivity index (χ3n) is 2.91. The summed E-state index contributed by atoms with van der Waals surface area (Å²) in [6.07, 6.45) is 8.25. The molecule has 66 valence electrons. The summed E-state index contributed by atoms with van der Waals surface area (Å²) >= 11 is 0. The van der Waals surface area contributed by atoms with Crippen LogP contribution in [0.5, 0.6) is 0 Å². The fourth-order valence-electron chi connectivity index (χ4n) is 1.85. The molecule has 13 heavy (non-hydrogen) atoms. The average Bonchev–Trinajstić information content (AvgIpc) is 2.43. The van der Waals surface area contributed by atoms with Gasteiger partial charge in [-0.1, -0.05) is 12.5 Å². The first kappa shape index (κ1) is 7.13. The second-order valence-electron chi connectivity index (χ2n) is 3.76. The van der Waals surface area contributed by atoms with E-state index in [9.17, 15) is 0 Å². The number of hydrogen-bond acceptors (Lipinski definition) is 1. The molecular weight excluding hydrogens is 160 g/mol. The van der Waals surface area contributed by atoms with Crippen molar-refractivity contribution in [2.75, 3.05) is 0 Å². The zero-order chi connectivity index (χ0) is 8.67. The molecular formula is C11H12N2. The summed E-state index contributed by atoms with van der Waals surface area (Å²) in [6, 6.07) is 6.13. The van der Waals surface area contributed by atoms with Gasteiger partial charge in [-0.25, -0.2) is 4.98 Å². The monoisotopic (exact) mass is 172 g/mol. The first-order valence-corrected chi connectivity index (χ1v) is 4.87. The molecule has 0 unspecified atom stereocenters. The first-order valence-electron chi connectivity index (χ1n) is 4.87. The van der Waals surface area contributed by atoms with Crippen LogP contribution in [0.4, 0.5) is 0 Å². The predicted octanol–water partition coefficient (Wildman–Crippen LogP) is 2.60. The Hall–Kier alpha value is -1.31. The van der Waals surface area contributed by atoms with E-state index >= 15 is 0 Å². The molecule has 0 spiro atoms. The number of hydrogen-bond donors (Lipinski definition) is 0. The highest BCUT2D eigenvalue weighted by molar-refractivity contribution is 5.40. The molecule has 0 radical (unpaired) electrons. The van der Waals surface area contributed by atoms with Gasteiger partial charge in [0, 0.05) is 18.3 Å². The summed E-state index contributed by atoms with van der Waals surface area (Å²) < 4.78 is 2.10. The Morgan fingerprint density at radius 3 is 2.92 bits per heavy atom. The van der Waals surface area contributed by atoms with E-state index in [4.69, 9.17) is 0 Å². The minimum atomic E-state index is 0.736. The molecule has 2 heterocycles. The van der Waals surface area contributed by atoms with E-state index in [1.165, 1.54) is 25.0 Å². The van der Waals surface area contributed by atoms with E-state index in [2.05, 4.69) is 27.8 Å². The summed E-state index contributed by atoms with van der Waals surface area (Å²) in [6.45, 7) is 0. The molecule has 0 atom stereocenters. The third kappa shape index (κ3) is 1.05. The normalized spacial score (nSPS) is 17.5. The Balaban J connectivity index is 2.10. The van der Waals surface area contributed by atoms with Gasteiger partial charge in [-0.05, 0) is 25.0 Å². The number of fused-ring (bicyclic) bond motifs is 1. The lowest BCUT2D eigenvalue weighted by Crippen LogP contribution is -2.08. The van der Waals surface area contributed by atoms with Crippen LogP contribution < -0.4 is 0 Å². The van der Waals surface area contributed by atoms with Crippen molar-refractivity contribution in [3.05, 3.63) is 36.3 Å². The van der Waals surface area contributed by atoms with Crippen LogP contribution >= 0.6 is 0 Å². The van der Waals surface area contributed by atoms with Gasteiger partial charge in [0.05, 0.1) is 5.69 Å². The van der Waals surface area contributed by atoms with Crippen molar-refractivity contribution in [2.24, 2.45) is 0 Å². The molecule has 2 aromatic heterocycles. The molecule has 1 aliphatic rings. The minimum Gasteiger partial charge on any atom is -0.307 e. The molecule has 0 N–H and O–H groups in total. The van der Waals surface area contributed by atoms with Gasteiger partial charge in [-0.15, -0.1) is 0 Å². The topological polar surface area (TPSA) is 17.3 Å². The van der Waals surface area contributed by atoms with Crippen LogP contribution in [-0.4, -0.2) is 9.38 Å². The highest BCUT2D eigenvalue weighted by Gasteiger charge is 2.21. The van der Waals surface area contributed by atoms with Crippen LogP contribution in [0.1, 0.15) is 30.9 Å². The fraction of sp³-hybridized carbons (Fsp3) is 0.364. The standard InChI is InChI=1S/C11H12N2/c1-2-7-13-8-10(9-4-3-5-9)12-11(13)6-1/h1-2,6-9H,3-5H2. The Morgan fingerprint density at radius 2 is 2.23 bits per heavy atom. The van der Waals surface area contributed by atoms with Crippen molar-refractivity contribution < 1.29 is 0 Å². The van der Waals surface area contributed by atoms with Gasteiger partial charge in [0.15, 0.2) is 0 Å². The molecule has 1 saturated carbocycles. The van der Waals surface area contributed by atoms with Gasteiger partial charge in [0.2, 0.25) is 0 Å². The van der Waals surface area contributed by atoms with E-state index in [0.29, 0.717) is 0 Å². The molecule has 2 heteroatoms. The number of pyridine rings is 1. The summed E-state index contributed by atoms with van der Waals surface area (Å²) in [5.74, 6) is 0.736. The quantitative estimate of drug-likeness (QED) is 0.646. The summed E-state index contributed by atoms with van der Waals surface area (Å²) in [5, 5.41) is 0. The molecule has 0 aromatic carbocycles. The van der Waals surface area contributed by atoms with Gasteiger partial charge in [0.25, 0.3) is 0 Å². The number of nitrogens with zero attached hydrogens (tertiary/aromatic N) is 2. The minimum absolute atomic E-state index is 0.736. The molecule has 0 aliphatic heterocycles. The van der Waals surface area contributed by atoms with Crippen LogP contribution in [0.15, 0.2) is 30.6 Å². The second-order valence-corrected chi connectivity index (χ2v) is 3.76. The van der Waals surface area contributed by atoms with Crippen molar-refractivity contribution >= 4 is 5.65 Å². The van der Waals surface area contributed by atoms with Gasteiger partial charge in [-0.3, -0.25) is 0 Å². The van der Waals surface area contributed by atoms with Crippen LogP contribution in [0.2, 0.25) is 0 Å². The predicted molar refractivity (Wildman–Crippen MR) is 51.8 cm³/mol. The third-order valence-corrected chi connectivity index (χ3v) is 2.91. The van der Waals surface area contributed by atoms with Crippen molar-refractivity contribution in [2.45, 2.75) is 25.2 Å². The van der Waals surface area contributed by atoms with Crippen LogP contribution in [0, 0.1) is 0 Å². The van der Waals surface area contributed by atoms with Crippen LogP contribution in [-0.2, 0) is 0 Å². The summed E-state index contributed by atoms with van der Waals surface area (Å²) in [7, 11) is 0. The second kappa shape index (κ2) is 2.59. The van der Waals surface area contributed by atoms with Crippen LogP contribution in [0.3, 0.4) is 0 Å². The van der Waals surface area contributed by atoms with E-state index in [-0.39, 0.29) is 0 Å². The van der Waals surface area contributed by atoms with E-state index in [1.54, 1.807) is 0 Å².